The summed E-state index contributed by atoms with van der Waals surface area (Å²) in [6.07, 6.45) is 2.69. The van der Waals surface area contributed by atoms with Crippen LogP contribution in [-0.4, -0.2) is 6.47 Å². The zero-order valence-electron chi connectivity index (χ0n) is 5.10. The molecule has 0 aliphatic rings. The summed E-state index contributed by atoms with van der Waals surface area (Å²) in [5.74, 6) is 0.613. The SMILES string of the molecule is CC/C=C(\C)O[C]=O. The zero-order valence-corrected chi connectivity index (χ0v) is 5.10. The van der Waals surface area contributed by atoms with E-state index in [1.165, 1.54) is 6.47 Å². The average Bonchev–Trinajstić information content (AvgIpc) is 1.68. The molecule has 2 nitrogen and oxygen atoms in total. The first kappa shape index (κ1) is 7.21. The first-order chi connectivity index (χ1) is 3.81. The quantitative estimate of drug-likeness (QED) is 0.517. The molecule has 0 aliphatic heterocycles. The molecule has 45 valence electrons. The van der Waals surface area contributed by atoms with E-state index in [1.807, 2.05) is 13.0 Å². The molecule has 0 aliphatic carbocycles. The van der Waals surface area contributed by atoms with E-state index in [-0.39, 0.29) is 0 Å². The lowest BCUT2D eigenvalue weighted by Crippen LogP contribution is -1.81. The maximum atomic E-state index is 9.50. The Bertz CT molecular complexity index is 94.7. The summed E-state index contributed by atoms with van der Waals surface area (Å²) in [6, 6.07) is 0. The summed E-state index contributed by atoms with van der Waals surface area (Å²) in [6.45, 7) is 5.02. The van der Waals surface area contributed by atoms with Crippen molar-refractivity contribution in [1.82, 2.24) is 0 Å². The summed E-state index contributed by atoms with van der Waals surface area (Å²) in [7, 11) is 0. The Morgan fingerprint density at radius 2 is 2.50 bits per heavy atom. The lowest BCUT2D eigenvalue weighted by atomic mass is 10.4. The molecule has 0 heterocycles. The summed E-state index contributed by atoms with van der Waals surface area (Å²) in [5.41, 5.74) is 0. The Kier molecular flexibility index (Phi) is 3.94. The molecule has 0 aromatic carbocycles. The van der Waals surface area contributed by atoms with Gasteiger partial charge < -0.3 is 4.74 Å². The fourth-order valence-corrected chi connectivity index (χ4v) is 0.395. The van der Waals surface area contributed by atoms with Crippen molar-refractivity contribution in [3.05, 3.63) is 11.8 Å². The Morgan fingerprint density at radius 3 is 2.88 bits per heavy atom. The first-order valence-corrected chi connectivity index (χ1v) is 2.52. The highest BCUT2D eigenvalue weighted by Gasteiger charge is 1.83. The average molecular weight is 113 g/mol. The van der Waals surface area contributed by atoms with Gasteiger partial charge in [0.2, 0.25) is 0 Å². The first-order valence-electron chi connectivity index (χ1n) is 2.52. The fourth-order valence-electron chi connectivity index (χ4n) is 0.395. The van der Waals surface area contributed by atoms with Gasteiger partial charge in [0.1, 0.15) is 5.76 Å². The van der Waals surface area contributed by atoms with Gasteiger partial charge in [-0.05, 0) is 19.4 Å². The number of ether oxygens (including phenoxy) is 1. The summed E-state index contributed by atoms with van der Waals surface area (Å²) >= 11 is 0. The van der Waals surface area contributed by atoms with E-state index in [9.17, 15) is 4.79 Å². The molecule has 0 spiro atoms. The molecule has 0 aromatic heterocycles. The van der Waals surface area contributed by atoms with Gasteiger partial charge in [0.25, 0.3) is 0 Å². The van der Waals surface area contributed by atoms with E-state index in [4.69, 9.17) is 0 Å². The Labute approximate surface area is 49.1 Å². The molecule has 0 aromatic rings. The van der Waals surface area contributed by atoms with Gasteiger partial charge in [-0.25, -0.2) is 4.79 Å². The van der Waals surface area contributed by atoms with E-state index in [2.05, 4.69) is 4.74 Å². The molecule has 2 heteroatoms. The normalized spacial score (nSPS) is 11.0. The molecular weight excluding hydrogens is 104 g/mol. The van der Waals surface area contributed by atoms with Crippen LogP contribution in [0.4, 0.5) is 0 Å². The third-order valence-corrected chi connectivity index (χ3v) is 0.694. The third kappa shape index (κ3) is 3.40. The molecule has 0 fully saturated rings. The fraction of sp³-hybridized carbons (Fsp3) is 0.500. The Morgan fingerprint density at radius 1 is 1.88 bits per heavy atom. The summed E-state index contributed by atoms with van der Waals surface area (Å²) < 4.78 is 4.34. The van der Waals surface area contributed by atoms with Crippen LogP contribution in [0.25, 0.3) is 0 Å². The number of hydrogen-bond acceptors (Lipinski definition) is 2. The maximum absolute atomic E-state index is 9.50. The minimum absolute atomic E-state index is 0.613. The molecule has 0 amide bonds. The van der Waals surface area contributed by atoms with Gasteiger partial charge in [0.05, 0.1) is 0 Å². The second-order valence-electron chi connectivity index (χ2n) is 1.41. The van der Waals surface area contributed by atoms with Gasteiger partial charge in [-0.2, -0.15) is 0 Å². The van der Waals surface area contributed by atoms with E-state index < -0.39 is 0 Å². The van der Waals surface area contributed by atoms with Gasteiger partial charge in [-0.3, -0.25) is 0 Å². The Balaban J connectivity index is 3.44. The number of hydrogen-bond donors (Lipinski definition) is 0. The minimum atomic E-state index is 0.613. The van der Waals surface area contributed by atoms with Crippen molar-refractivity contribution < 1.29 is 9.53 Å². The highest BCUT2D eigenvalue weighted by molar-refractivity contribution is 5.40. The molecule has 0 bridgehead atoms. The van der Waals surface area contributed by atoms with Crippen molar-refractivity contribution in [2.24, 2.45) is 0 Å². The molecule has 0 N–H and O–H groups in total. The molecule has 0 saturated heterocycles. The van der Waals surface area contributed by atoms with Crippen LogP contribution in [0.1, 0.15) is 20.3 Å². The van der Waals surface area contributed by atoms with Crippen molar-refractivity contribution in [3.63, 3.8) is 0 Å². The van der Waals surface area contributed by atoms with Crippen LogP contribution >= 0.6 is 0 Å². The summed E-state index contributed by atoms with van der Waals surface area (Å²) in [4.78, 5) is 9.50. The van der Waals surface area contributed by atoms with E-state index in [0.717, 1.165) is 6.42 Å². The van der Waals surface area contributed by atoms with Crippen molar-refractivity contribution in [2.75, 3.05) is 0 Å². The second-order valence-corrected chi connectivity index (χ2v) is 1.41. The second kappa shape index (κ2) is 4.37. The predicted molar refractivity (Wildman–Crippen MR) is 30.8 cm³/mol. The highest BCUT2D eigenvalue weighted by atomic mass is 16.5. The van der Waals surface area contributed by atoms with Gasteiger partial charge in [0, 0.05) is 0 Å². The monoisotopic (exact) mass is 113 g/mol. The number of rotatable bonds is 3. The molecule has 0 unspecified atom stereocenters. The topological polar surface area (TPSA) is 26.3 Å². The van der Waals surface area contributed by atoms with Crippen molar-refractivity contribution in [3.8, 4) is 0 Å². The van der Waals surface area contributed by atoms with Gasteiger partial charge in [0.15, 0.2) is 0 Å². The number of allylic oxidation sites excluding steroid dienone is 2. The van der Waals surface area contributed by atoms with E-state index >= 15 is 0 Å². The molecule has 0 saturated carbocycles. The smallest absolute Gasteiger partial charge is 0.422 e. The molecule has 1 radical (unpaired) electrons. The minimum Gasteiger partial charge on any atom is -0.423 e. The van der Waals surface area contributed by atoms with Gasteiger partial charge >= 0.3 is 6.47 Å². The van der Waals surface area contributed by atoms with Crippen LogP contribution < -0.4 is 0 Å². The summed E-state index contributed by atoms with van der Waals surface area (Å²) in [5, 5.41) is 0. The van der Waals surface area contributed by atoms with Crippen LogP contribution in [0, 0.1) is 0 Å². The third-order valence-electron chi connectivity index (χ3n) is 0.694. The number of carbonyl (C=O) groups excluding carboxylic acids is 1. The van der Waals surface area contributed by atoms with Crippen LogP contribution in [-0.2, 0) is 9.53 Å². The largest absolute Gasteiger partial charge is 0.423 e. The van der Waals surface area contributed by atoms with E-state index in [1.54, 1.807) is 6.92 Å². The molecule has 0 atom stereocenters. The maximum Gasteiger partial charge on any atom is 0.422 e. The molecule has 8 heavy (non-hydrogen) atoms. The van der Waals surface area contributed by atoms with Gasteiger partial charge in [-0.15, -0.1) is 0 Å². The van der Waals surface area contributed by atoms with Crippen molar-refractivity contribution in [2.45, 2.75) is 20.3 Å². The van der Waals surface area contributed by atoms with Crippen LogP contribution in [0.3, 0.4) is 0 Å². The van der Waals surface area contributed by atoms with Crippen molar-refractivity contribution >= 4 is 6.47 Å². The highest BCUT2D eigenvalue weighted by Crippen LogP contribution is 1.93. The zero-order chi connectivity index (χ0) is 6.41. The Hall–Kier alpha value is -0.790. The van der Waals surface area contributed by atoms with Crippen LogP contribution in [0.5, 0.6) is 0 Å². The van der Waals surface area contributed by atoms with Crippen LogP contribution in [0.15, 0.2) is 11.8 Å². The lowest BCUT2D eigenvalue weighted by molar-refractivity contribution is 0.362. The van der Waals surface area contributed by atoms with E-state index in [0.29, 0.717) is 5.76 Å². The molecular formula is C6H9O2. The molecule has 0 rings (SSSR count). The standard InChI is InChI=1S/C6H9O2/c1-3-4-6(2)8-5-7/h4H,3H2,1-2H3/b6-4+. The van der Waals surface area contributed by atoms with Crippen LogP contribution in [0.2, 0.25) is 0 Å². The lowest BCUT2D eigenvalue weighted by Gasteiger charge is -1.90. The van der Waals surface area contributed by atoms with Gasteiger partial charge in [-0.1, -0.05) is 6.92 Å². The van der Waals surface area contributed by atoms with Crippen molar-refractivity contribution in [1.29, 1.82) is 0 Å². The predicted octanol–water partition coefficient (Wildman–Crippen LogP) is 1.38.